The van der Waals surface area contributed by atoms with Gasteiger partial charge < -0.3 is 10.6 Å². The number of aryl methyl sites for hydroxylation is 1. The summed E-state index contributed by atoms with van der Waals surface area (Å²) in [4.78, 5) is 11.8. The summed E-state index contributed by atoms with van der Waals surface area (Å²) in [6, 6.07) is 11.0. The normalized spacial score (nSPS) is 19.0. The molecule has 3 heterocycles. The second-order valence-corrected chi connectivity index (χ2v) is 7.56. The van der Waals surface area contributed by atoms with Crippen LogP contribution in [0.3, 0.4) is 0 Å². The molecule has 4 nitrogen and oxygen atoms in total. The van der Waals surface area contributed by atoms with Crippen LogP contribution in [-0.2, 0) is 12.8 Å². The Bertz CT molecular complexity index is 957. The van der Waals surface area contributed by atoms with Crippen molar-refractivity contribution in [2.24, 2.45) is 5.73 Å². The first-order valence-corrected chi connectivity index (χ1v) is 9.66. The quantitative estimate of drug-likeness (QED) is 0.726. The van der Waals surface area contributed by atoms with Gasteiger partial charge in [0.25, 0.3) is 0 Å². The zero-order chi connectivity index (χ0) is 17.5. The fraction of sp³-hybridized carbons (Fsp3) is 0.364. The van der Waals surface area contributed by atoms with Gasteiger partial charge in [-0.3, -0.25) is 9.97 Å². The summed E-state index contributed by atoms with van der Waals surface area (Å²) >= 11 is 0. The fourth-order valence-electron chi connectivity index (χ4n) is 4.46. The molecule has 2 aliphatic rings. The van der Waals surface area contributed by atoms with Crippen molar-refractivity contribution in [3.8, 4) is 11.1 Å². The predicted molar refractivity (Wildman–Crippen MR) is 114 cm³/mol. The van der Waals surface area contributed by atoms with Gasteiger partial charge in [0.2, 0.25) is 0 Å². The van der Waals surface area contributed by atoms with Crippen LogP contribution < -0.4 is 10.6 Å². The first-order chi connectivity index (χ1) is 12.8. The lowest BCUT2D eigenvalue weighted by Crippen LogP contribution is -2.28. The molecule has 0 unspecified atom stereocenters. The van der Waals surface area contributed by atoms with E-state index in [1.807, 2.05) is 18.5 Å². The number of aromatic nitrogens is 2. The van der Waals surface area contributed by atoms with Gasteiger partial charge in [-0.05, 0) is 61.4 Å². The Hall–Kier alpha value is -2.17. The van der Waals surface area contributed by atoms with Crippen LogP contribution in [0.25, 0.3) is 22.0 Å². The predicted octanol–water partition coefficient (Wildman–Crippen LogP) is 4.13. The van der Waals surface area contributed by atoms with Gasteiger partial charge in [0.15, 0.2) is 0 Å². The van der Waals surface area contributed by atoms with Crippen molar-refractivity contribution < 1.29 is 0 Å². The van der Waals surface area contributed by atoms with E-state index in [9.17, 15) is 0 Å². The van der Waals surface area contributed by atoms with Crippen LogP contribution in [0.2, 0.25) is 0 Å². The molecule has 140 valence electrons. The molecule has 0 amide bonds. The van der Waals surface area contributed by atoms with Crippen LogP contribution in [0.4, 0.5) is 5.69 Å². The summed E-state index contributed by atoms with van der Waals surface area (Å²) in [6.07, 6.45) is 9.56. The van der Waals surface area contributed by atoms with E-state index >= 15 is 0 Å². The molecule has 1 atom stereocenters. The van der Waals surface area contributed by atoms with E-state index < -0.39 is 0 Å². The van der Waals surface area contributed by atoms with Gasteiger partial charge in [0.05, 0.1) is 11.2 Å². The molecule has 2 N–H and O–H groups in total. The maximum atomic E-state index is 6.24. The molecule has 2 aromatic heterocycles. The minimum atomic E-state index is 0. The Morgan fingerprint density at radius 1 is 1.07 bits per heavy atom. The average Bonchev–Trinajstić information content (AvgIpc) is 3.12. The van der Waals surface area contributed by atoms with Crippen molar-refractivity contribution in [3.63, 3.8) is 0 Å². The Morgan fingerprint density at radius 3 is 2.74 bits per heavy atom. The number of benzene rings is 1. The van der Waals surface area contributed by atoms with E-state index in [0.717, 1.165) is 43.4 Å². The zero-order valence-corrected chi connectivity index (χ0v) is 16.2. The van der Waals surface area contributed by atoms with E-state index in [1.165, 1.54) is 40.7 Å². The molecule has 1 saturated heterocycles. The van der Waals surface area contributed by atoms with Crippen LogP contribution in [0.15, 0.2) is 42.7 Å². The van der Waals surface area contributed by atoms with Gasteiger partial charge in [-0.1, -0.05) is 12.1 Å². The van der Waals surface area contributed by atoms with E-state index in [2.05, 4.69) is 34.1 Å². The molecule has 3 aromatic rings. The number of rotatable bonds is 2. The highest BCUT2D eigenvalue weighted by Gasteiger charge is 2.26. The summed E-state index contributed by atoms with van der Waals surface area (Å²) in [7, 11) is 0. The third-order valence-corrected chi connectivity index (χ3v) is 5.77. The van der Waals surface area contributed by atoms with Crippen molar-refractivity contribution in [2.45, 2.75) is 38.1 Å². The van der Waals surface area contributed by atoms with E-state index in [4.69, 9.17) is 10.7 Å². The lowest BCUT2D eigenvalue weighted by atomic mass is 9.91. The number of anilines is 1. The molecule has 5 rings (SSSR count). The Kier molecular flexibility index (Phi) is 5.02. The highest BCUT2D eigenvalue weighted by atomic mass is 35.5. The molecule has 0 spiro atoms. The summed E-state index contributed by atoms with van der Waals surface area (Å²) in [5, 5.41) is 1.26. The maximum Gasteiger partial charge on any atom is 0.0726 e. The highest BCUT2D eigenvalue weighted by molar-refractivity contribution is 5.97. The topological polar surface area (TPSA) is 55.0 Å². The Labute approximate surface area is 166 Å². The second kappa shape index (κ2) is 7.45. The van der Waals surface area contributed by atoms with Gasteiger partial charge in [0, 0.05) is 48.2 Å². The molecular formula is C22H25ClN4. The first-order valence-electron chi connectivity index (χ1n) is 9.66. The molecule has 1 aliphatic heterocycles. The number of fused-ring (bicyclic) bond motifs is 2. The average molecular weight is 381 g/mol. The van der Waals surface area contributed by atoms with Crippen molar-refractivity contribution in [3.05, 3.63) is 54.0 Å². The highest BCUT2D eigenvalue weighted by Crippen LogP contribution is 2.38. The molecule has 1 aliphatic carbocycles. The standard InChI is InChI=1S/C22H24N4.ClH/c23-17-9-11-26(14-17)22-18-5-1-2-6-20(18)25-21-8-7-15(12-19(21)22)16-4-3-10-24-13-16;/h3-4,7-8,10,12-13,17H,1-2,5-6,9,11,14,23H2;1H/t17-;/m0./s1. The Morgan fingerprint density at radius 2 is 1.96 bits per heavy atom. The van der Waals surface area contributed by atoms with Gasteiger partial charge >= 0.3 is 0 Å². The molecule has 0 saturated carbocycles. The Balaban J connectivity index is 0.00000180. The third-order valence-electron chi connectivity index (χ3n) is 5.77. The summed E-state index contributed by atoms with van der Waals surface area (Å²) < 4.78 is 0. The molecule has 5 heteroatoms. The van der Waals surface area contributed by atoms with Gasteiger partial charge in [-0.25, -0.2) is 0 Å². The van der Waals surface area contributed by atoms with Crippen LogP contribution >= 0.6 is 12.4 Å². The van der Waals surface area contributed by atoms with Gasteiger partial charge in [-0.15, -0.1) is 12.4 Å². The number of halogens is 1. The van der Waals surface area contributed by atoms with E-state index in [-0.39, 0.29) is 18.4 Å². The molecule has 0 bridgehead atoms. The smallest absolute Gasteiger partial charge is 0.0726 e. The summed E-state index contributed by atoms with van der Waals surface area (Å²) in [6.45, 7) is 1.99. The second-order valence-electron chi connectivity index (χ2n) is 7.56. The van der Waals surface area contributed by atoms with E-state index in [1.54, 1.807) is 0 Å². The zero-order valence-electron chi connectivity index (χ0n) is 15.4. The third kappa shape index (κ3) is 3.28. The van der Waals surface area contributed by atoms with E-state index in [0.29, 0.717) is 0 Å². The monoisotopic (exact) mass is 380 g/mol. The summed E-state index contributed by atoms with van der Waals surface area (Å²) in [5.74, 6) is 0. The minimum Gasteiger partial charge on any atom is -0.369 e. The number of hydrogen-bond acceptors (Lipinski definition) is 4. The van der Waals surface area contributed by atoms with Gasteiger partial charge in [0.1, 0.15) is 0 Å². The molecule has 1 fully saturated rings. The maximum absolute atomic E-state index is 6.24. The van der Waals surface area contributed by atoms with Crippen molar-refractivity contribution >= 4 is 29.0 Å². The number of pyridine rings is 2. The SMILES string of the molecule is Cl.N[C@H]1CCN(c2c3c(nc4ccc(-c5cccnc5)cc24)CCCC3)C1. The number of nitrogens with zero attached hydrogens (tertiary/aromatic N) is 3. The lowest BCUT2D eigenvalue weighted by Gasteiger charge is -2.28. The molecular weight excluding hydrogens is 356 g/mol. The van der Waals surface area contributed by atoms with Gasteiger partial charge in [-0.2, -0.15) is 0 Å². The lowest BCUT2D eigenvalue weighted by molar-refractivity contribution is 0.668. The van der Waals surface area contributed by atoms with Crippen LogP contribution in [0.5, 0.6) is 0 Å². The van der Waals surface area contributed by atoms with Crippen LogP contribution in [-0.4, -0.2) is 29.1 Å². The van der Waals surface area contributed by atoms with Crippen molar-refractivity contribution in [1.29, 1.82) is 0 Å². The number of nitrogens with two attached hydrogens (primary N) is 1. The molecule has 1 aromatic carbocycles. The number of hydrogen-bond donors (Lipinski definition) is 1. The van der Waals surface area contributed by atoms with Crippen LogP contribution in [0.1, 0.15) is 30.5 Å². The first kappa shape index (κ1) is 18.2. The summed E-state index contributed by atoms with van der Waals surface area (Å²) in [5.41, 5.74) is 13.8. The van der Waals surface area contributed by atoms with Crippen LogP contribution in [0, 0.1) is 0 Å². The minimum absolute atomic E-state index is 0. The molecule has 0 radical (unpaired) electrons. The fourth-order valence-corrected chi connectivity index (χ4v) is 4.46. The van der Waals surface area contributed by atoms with Crippen molar-refractivity contribution in [2.75, 3.05) is 18.0 Å². The largest absolute Gasteiger partial charge is 0.369 e. The molecule has 27 heavy (non-hydrogen) atoms. The van der Waals surface area contributed by atoms with Crippen molar-refractivity contribution in [1.82, 2.24) is 9.97 Å².